The SMILES string of the molecule is CCc1cc2c(N(CCCCl)C(C)C)ncnc2s1. The minimum atomic E-state index is 0.409. The van der Waals surface area contributed by atoms with Gasteiger partial charge in [-0.2, -0.15) is 0 Å². The van der Waals surface area contributed by atoms with Gasteiger partial charge in [-0.3, -0.25) is 0 Å². The van der Waals surface area contributed by atoms with Crippen LogP contribution in [-0.2, 0) is 6.42 Å². The molecule has 0 unspecified atom stereocenters. The van der Waals surface area contributed by atoms with Crippen LogP contribution in [0.15, 0.2) is 12.4 Å². The maximum Gasteiger partial charge on any atom is 0.141 e. The number of halogens is 1. The first-order valence-electron chi connectivity index (χ1n) is 6.73. The summed E-state index contributed by atoms with van der Waals surface area (Å²) in [6.45, 7) is 7.49. The summed E-state index contributed by atoms with van der Waals surface area (Å²) in [6, 6.07) is 2.64. The van der Waals surface area contributed by atoms with Gasteiger partial charge in [0.1, 0.15) is 17.0 Å². The van der Waals surface area contributed by atoms with Gasteiger partial charge in [-0.1, -0.05) is 6.92 Å². The molecule has 0 aliphatic heterocycles. The largest absolute Gasteiger partial charge is 0.354 e. The summed E-state index contributed by atoms with van der Waals surface area (Å²) in [7, 11) is 0. The van der Waals surface area contributed by atoms with Gasteiger partial charge < -0.3 is 4.90 Å². The predicted molar refractivity (Wildman–Crippen MR) is 84.6 cm³/mol. The highest BCUT2D eigenvalue weighted by molar-refractivity contribution is 7.18. The van der Waals surface area contributed by atoms with Crippen LogP contribution in [0.4, 0.5) is 5.82 Å². The van der Waals surface area contributed by atoms with Gasteiger partial charge in [-0.25, -0.2) is 9.97 Å². The topological polar surface area (TPSA) is 29.0 Å². The molecule has 2 aromatic rings. The smallest absolute Gasteiger partial charge is 0.141 e. The van der Waals surface area contributed by atoms with E-state index in [1.807, 2.05) is 0 Å². The minimum Gasteiger partial charge on any atom is -0.354 e. The molecular formula is C14H20ClN3S. The van der Waals surface area contributed by atoms with Gasteiger partial charge in [0, 0.05) is 23.3 Å². The number of aryl methyl sites for hydroxylation is 1. The Morgan fingerprint density at radius 1 is 1.37 bits per heavy atom. The van der Waals surface area contributed by atoms with Crippen molar-refractivity contribution in [2.24, 2.45) is 0 Å². The zero-order valence-corrected chi connectivity index (χ0v) is 13.3. The summed E-state index contributed by atoms with van der Waals surface area (Å²) in [5, 5.41) is 1.17. The van der Waals surface area contributed by atoms with Gasteiger partial charge in [0.05, 0.1) is 5.39 Å². The third-order valence-corrected chi connectivity index (χ3v) is 4.59. The second-order valence-corrected chi connectivity index (χ2v) is 6.31. The van der Waals surface area contributed by atoms with E-state index in [1.165, 1.54) is 10.3 Å². The molecule has 2 rings (SSSR count). The van der Waals surface area contributed by atoms with E-state index >= 15 is 0 Å². The molecule has 5 heteroatoms. The highest BCUT2D eigenvalue weighted by Gasteiger charge is 2.16. The number of hydrogen-bond donors (Lipinski definition) is 0. The van der Waals surface area contributed by atoms with Crippen molar-refractivity contribution < 1.29 is 0 Å². The number of alkyl halides is 1. The number of aromatic nitrogens is 2. The Morgan fingerprint density at radius 3 is 2.79 bits per heavy atom. The molecular weight excluding hydrogens is 278 g/mol. The Labute approximate surface area is 123 Å². The number of anilines is 1. The Balaban J connectivity index is 2.43. The third kappa shape index (κ3) is 3.18. The maximum atomic E-state index is 5.83. The number of hydrogen-bond acceptors (Lipinski definition) is 4. The first kappa shape index (κ1) is 14.5. The van der Waals surface area contributed by atoms with Crippen molar-refractivity contribution in [3.8, 4) is 0 Å². The van der Waals surface area contributed by atoms with E-state index in [1.54, 1.807) is 17.7 Å². The lowest BCUT2D eigenvalue weighted by molar-refractivity contribution is 0.666. The van der Waals surface area contributed by atoms with Gasteiger partial charge >= 0.3 is 0 Å². The van der Waals surface area contributed by atoms with Crippen molar-refractivity contribution in [3.63, 3.8) is 0 Å². The van der Waals surface area contributed by atoms with Gasteiger partial charge in [-0.05, 0) is 32.8 Å². The van der Waals surface area contributed by atoms with E-state index in [4.69, 9.17) is 11.6 Å². The summed E-state index contributed by atoms with van der Waals surface area (Å²) < 4.78 is 0. The first-order valence-corrected chi connectivity index (χ1v) is 8.08. The van der Waals surface area contributed by atoms with Crippen LogP contribution in [0.2, 0.25) is 0 Å². The lowest BCUT2D eigenvalue weighted by Crippen LogP contribution is -2.32. The summed E-state index contributed by atoms with van der Waals surface area (Å²) >= 11 is 7.59. The average Bonchev–Trinajstić information content (AvgIpc) is 2.82. The Bertz CT molecular complexity index is 538. The van der Waals surface area contributed by atoms with E-state index in [-0.39, 0.29) is 0 Å². The van der Waals surface area contributed by atoms with E-state index in [2.05, 4.69) is 41.7 Å². The molecule has 3 nitrogen and oxygen atoms in total. The van der Waals surface area contributed by atoms with Crippen LogP contribution in [0.5, 0.6) is 0 Å². The summed E-state index contributed by atoms with van der Waals surface area (Å²) in [6.07, 6.45) is 3.68. The minimum absolute atomic E-state index is 0.409. The highest BCUT2D eigenvalue weighted by atomic mass is 35.5. The van der Waals surface area contributed by atoms with Gasteiger partial charge in [0.25, 0.3) is 0 Å². The van der Waals surface area contributed by atoms with Crippen LogP contribution < -0.4 is 4.90 Å². The second kappa shape index (κ2) is 6.53. The van der Waals surface area contributed by atoms with Crippen molar-refractivity contribution >= 4 is 39.0 Å². The summed E-state index contributed by atoms with van der Waals surface area (Å²) in [4.78, 5) is 13.7. The molecule has 0 bridgehead atoms. The number of fused-ring (bicyclic) bond motifs is 1. The molecule has 0 N–H and O–H groups in total. The molecule has 0 atom stereocenters. The Hall–Kier alpha value is -0.870. The van der Waals surface area contributed by atoms with Crippen molar-refractivity contribution in [1.29, 1.82) is 0 Å². The first-order chi connectivity index (χ1) is 9.17. The zero-order valence-electron chi connectivity index (χ0n) is 11.7. The molecule has 0 radical (unpaired) electrons. The molecule has 0 aromatic carbocycles. The van der Waals surface area contributed by atoms with E-state index in [0.717, 1.165) is 30.0 Å². The monoisotopic (exact) mass is 297 g/mol. The number of rotatable bonds is 6. The van der Waals surface area contributed by atoms with Crippen molar-refractivity contribution in [2.45, 2.75) is 39.7 Å². The molecule has 2 aromatic heterocycles. The normalized spacial score (nSPS) is 11.4. The molecule has 0 aliphatic carbocycles. The van der Waals surface area contributed by atoms with Crippen molar-refractivity contribution in [1.82, 2.24) is 9.97 Å². The van der Waals surface area contributed by atoms with Crippen LogP contribution in [0.25, 0.3) is 10.2 Å². The molecule has 0 fully saturated rings. The maximum absolute atomic E-state index is 5.83. The molecule has 0 saturated heterocycles. The van der Waals surface area contributed by atoms with Gasteiger partial charge in [0.15, 0.2) is 0 Å². The third-order valence-electron chi connectivity index (χ3n) is 3.14. The lowest BCUT2D eigenvalue weighted by atomic mass is 10.2. The Kier molecular flexibility index (Phi) is 4.99. The molecule has 0 amide bonds. The van der Waals surface area contributed by atoms with E-state index in [0.29, 0.717) is 11.9 Å². The van der Waals surface area contributed by atoms with Crippen molar-refractivity contribution in [3.05, 3.63) is 17.3 Å². The summed E-state index contributed by atoms with van der Waals surface area (Å²) in [5.41, 5.74) is 0. The Morgan fingerprint density at radius 2 is 2.16 bits per heavy atom. The van der Waals surface area contributed by atoms with Gasteiger partial charge in [-0.15, -0.1) is 22.9 Å². The van der Waals surface area contributed by atoms with Crippen LogP contribution in [-0.4, -0.2) is 28.4 Å². The number of nitrogens with zero attached hydrogens (tertiary/aromatic N) is 3. The van der Waals surface area contributed by atoms with Crippen molar-refractivity contribution in [2.75, 3.05) is 17.3 Å². The van der Waals surface area contributed by atoms with E-state index in [9.17, 15) is 0 Å². The fourth-order valence-electron chi connectivity index (χ4n) is 2.13. The zero-order chi connectivity index (χ0) is 13.8. The fourth-order valence-corrected chi connectivity index (χ4v) is 3.18. The molecule has 2 heterocycles. The van der Waals surface area contributed by atoms with Crippen LogP contribution in [0.3, 0.4) is 0 Å². The quantitative estimate of drug-likeness (QED) is 0.752. The molecule has 104 valence electrons. The average molecular weight is 298 g/mol. The van der Waals surface area contributed by atoms with Crippen LogP contribution >= 0.6 is 22.9 Å². The molecule has 0 aliphatic rings. The molecule has 19 heavy (non-hydrogen) atoms. The fraction of sp³-hybridized carbons (Fsp3) is 0.571. The van der Waals surface area contributed by atoms with Gasteiger partial charge in [0.2, 0.25) is 0 Å². The lowest BCUT2D eigenvalue weighted by Gasteiger charge is -2.28. The molecule has 0 spiro atoms. The second-order valence-electron chi connectivity index (χ2n) is 4.81. The highest BCUT2D eigenvalue weighted by Crippen LogP contribution is 2.31. The van der Waals surface area contributed by atoms with E-state index < -0.39 is 0 Å². The standard InChI is InChI=1S/C14H20ClN3S/c1-4-11-8-12-13(16-9-17-14(12)19-11)18(10(2)3)7-5-6-15/h8-10H,4-7H2,1-3H3. The van der Waals surface area contributed by atoms with Crippen LogP contribution in [0.1, 0.15) is 32.1 Å². The van der Waals surface area contributed by atoms with Crippen LogP contribution in [0, 0.1) is 0 Å². The number of thiophene rings is 1. The summed E-state index contributed by atoms with van der Waals surface area (Å²) in [5.74, 6) is 1.72. The predicted octanol–water partition coefficient (Wildman–Crippen LogP) is 4.10. The molecule has 0 saturated carbocycles.